The van der Waals surface area contributed by atoms with Gasteiger partial charge in [-0.15, -0.1) is 11.3 Å². The van der Waals surface area contributed by atoms with Crippen LogP contribution in [0.2, 0.25) is 0 Å². The lowest BCUT2D eigenvalue weighted by Gasteiger charge is -2.16. The zero-order chi connectivity index (χ0) is 13.3. The van der Waals surface area contributed by atoms with E-state index in [9.17, 15) is 0 Å². The van der Waals surface area contributed by atoms with E-state index in [1.54, 1.807) is 0 Å². The van der Waals surface area contributed by atoms with Crippen molar-refractivity contribution in [2.45, 2.75) is 33.7 Å². The first kappa shape index (κ1) is 13.0. The van der Waals surface area contributed by atoms with Gasteiger partial charge < -0.3 is 11.1 Å². The van der Waals surface area contributed by atoms with Gasteiger partial charge in [0.05, 0.1) is 0 Å². The van der Waals surface area contributed by atoms with Gasteiger partial charge in [-0.2, -0.15) is 0 Å². The lowest BCUT2D eigenvalue weighted by Crippen LogP contribution is -2.07. The molecule has 0 radical (unpaired) electrons. The van der Waals surface area contributed by atoms with Gasteiger partial charge in [-0.25, -0.2) is 0 Å². The average Bonchev–Trinajstić information content (AvgIpc) is 2.63. The Morgan fingerprint density at radius 2 is 1.89 bits per heavy atom. The molecule has 2 aromatic rings. The molecule has 18 heavy (non-hydrogen) atoms. The third-order valence-corrected chi connectivity index (χ3v) is 4.18. The van der Waals surface area contributed by atoms with Crippen LogP contribution in [0.15, 0.2) is 24.3 Å². The van der Waals surface area contributed by atoms with E-state index in [1.807, 2.05) is 30.4 Å². The fourth-order valence-corrected chi connectivity index (χ4v) is 3.20. The Morgan fingerprint density at radius 1 is 1.17 bits per heavy atom. The molecule has 0 aliphatic carbocycles. The van der Waals surface area contributed by atoms with Gasteiger partial charge in [-0.1, -0.05) is 0 Å². The van der Waals surface area contributed by atoms with Gasteiger partial charge in [-0.05, 0) is 63.1 Å². The Labute approximate surface area is 113 Å². The molecular formula is C15H20N2S. The van der Waals surface area contributed by atoms with Gasteiger partial charge in [-0.3, -0.25) is 0 Å². The smallest absolute Gasteiger partial charge is 0.0496 e. The van der Waals surface area contributed by atoms with Crippen molar-refractivity contribution in [3.05, 3.63) is 45.1 Å². The van der Waals surface area contributed by atoms with E-state index in [4.69, 9.17) is 5.73 Å². The van der Waals surface area contributed by atoms with Crippen molar-refractivity contribution in [2.75, 3.05) is 11.1 Å². The molecule has 1 aromatic carbocycles. The standard InChI is InChI=1S/C15H20N2S/c1-9-7-13(5-6-15(9)16)17-11(3)14-8-10(2)18-12(14)4/h5-8,11,17H,16H2,1-4H3. The highest BCUT2D eigenvalue weighted by molar-refractivity contribution is 7.12. The number of anilines is 2. The highest BCUT2D eigenvalue weighted by Gasteiger charge is 2.11. The number of thiophene rings is 1. The molecule has 3 N–H and O–H groups in total. The molecule has 2 rings (SSSR count). The van der Waals surface area contributed by atoms with Gasteiger partial charge in [0.25, 0.3) is 0 Å². The van der Waals surface area contributed by atoms with Crippen LogP contribution in [0.5, 0.6) is 0 Å². The van der Waals surface area contributed by atoms with Crippen molar-refractivity contribution < 1.29 is 0 Å². The first-order chi connectivity index (χ1) is 8.47. The summed E-state index contributed by atoms with van der Waals surface area (Å²) in [4.78, 5) is 2.75. The van der Waals surface area contributed by atoms with Gasteiger partial charge in [0.15, 0.2) is 0 Å². The van der Waals surface area contributed by atoms with Gasteiger partial charge in [0, 0.05) is 27.2 Å². The maximum absolute atomic E-state index is 5.83. The van der Waals surface area contributed by atoms with Crippen LogP contribution in [0, 0.1) is 20.8 Å². The second-order valence-corrected chi connectivity index (χ2v) is 6.27. The van der Waals surface area contributed by atoms with Crippen LogP contribution in [0.3, 0.4) is 0 Å². The number of nitrogen functional groups attached to an aromatic ring is 1. The van der Waals surface area contributed by atoms with E-state index in [0.717, 1.165) is 16.9 Å². The molecule has 1 atom stereocenters. The monoisotopic (exact) mass is 260 g/mol. The lowest BCUT2D eigenvalue weighted by molar-refractivity contribution is 0.881. The Kier molecular flexibility index (Phi) is 3.62. The van der Waals surface area contributed by atoms with E-state index >= 15 is 0 Å². The topological polar surface area (TPSA) is 38.0 Å². The maximum atomic E-state index is 5.83. The van der Waals surface area contributed by atoms with E-state index in [2.05, 4.69) is 38.2 Å². The second-order valence-electron chi connectivity index (χ2n) is 4.81. The van der Waals surface area contributed by atoms with Gasteiger partial charge in [0.1, 0.15) is 0 Å². The van der Waals surface area contributed by atoms with E-state index in [0.29, 0.717) is 6.04 Å². The highest BCUT2D eigenvalue weighted by Crippen LogP contribution is 2.29. The van der Waals surface area contributed by atoms with Crippen molar-refractivity contribution >= 4 is 22.7 Å². The number of aryl methyl sites for hydroxylation is 3. The van der Waals surface area contributed by atoms with Crippen molar-refractivity contribution in [1.82, 2.24) is 0 Å². The molecule has 0 aliphatic rings. The molecule has 0 aliphatic heterocycles. The van der Waals surface area contributed by atoms with Crippen LogP contribution in [-0.4, -0.2) is 0 Å². The summed E-state index contributed by atoms with van der Waals surface area (Å²) < 4.78 is 0. The molecule has 1 aromatic heterocycles. The van der Waals surface area contributed by atoms with Crippen LogP contribution in [0.4, 0.5) is 11.4 Å². The van der Waals surface area contributed by atoms with E-state index in [-0.39, 0.29) is 0 Å². The summed E-state index contributed by atoms with van der Waals surface area (Å²) in [5, 5.41) is 3.53. The summed E-state index contributed by atoms with van der Waals surface area (Å²) in [7, 11) is 0. The molecule has 96 valence electrons. The average molecular weight is 260 g/mol. The van der Waals surface area contributed by atoms with Crippen LogP contribution in [0.1, 0.15) is 33.8 Å². The quantitative estimate of drug-likeness (QED) is 0.801. The number of hydrogen-bond donors (Lipinski definition) is 2. The molecule has 0 saturated heterocycles. The van der Waals surface area contributed by atoms with Crippen molar-refractivity contribution in [3.63, 3.8) is 0 Å². The number of nitrogens with one attached hydrogen (secondary N) is 1. The number of nitrogens with two attached hydrogens (primary N) is 1. The molecule has 0 amide bonds. The molecule has 0 fully saturated rings. The van der Waals surface area contributed by atoms with Gasteiger partial charge >= 0.3 is 0 Å². The van der Waals surface area contributed by atoms with Crippen LogP contribution < -0.4 is 11.1 Å². The molecule has 0 saturated carbocycles. The minimum absolute atomic E-state index is 0.318. The van der Waals surface area contributed by atoms with Crippen molar-refractivity contribution in [2.24, 2.45) is 0 Å². The third-order valence-electron chi connectivity index (χ3n) is 3.20. The maximum Gasteiger partial charge on any atom is 0.0496 e. The summed E-state index contributed by atoms with van der Waals surface area (Å²) in [5.74, 6) is 0. The summed E-state index contributed by atoms with van der Waals surface area (Å²) in [5.41, 5.74) is 10.3. The molecule has 0 spiro atoms. The highest BCUT2D eigenvalue weighted by atomic mass is 32.1. The Hall–Kier alpha value is -1.48. The molecule has 1 unspecified atom stereocenters. The minimum atomic E-state index is 0.318. The van der Waals surface area contributed by atoms with Crippen LogP contribution >= 0.6 is 11.3 Å². The third kappa shape index (κ3) is 2.67. The Balaban J connectivity index is 2.18. The summed E-state index contributed by atoms with van der Waals surface area (Å²) in [6, 6.07) is 8.67. The lowest BCUT2D eigenvalue weighted by atomic mass is 10.1. The summed E-state index contributed by atoms with van der Waals surface area (Å²) in [6.07, 6.45) is 0. The molecule has 0 bridgehead atoms. The van der Waals surface area contributed by atoms with Crippen LogP contribution in [-0.2, 0) is 0 Å². The predicted octanol–water partition coefficient (Wildman–Crippen LogP) is 4.43. The summed E-state index contributed by atoms with van der Waals surface area (Å²) >= 11 is 1.85. The fraction of sp³-hybridized carbons (Fsp3) is 0.333. The largest absolute Gasteiger partial charge is 0.399 e. The Bertz CT molecular complexity index is 558. The fourth-order valence-electron chi connectivity index (χ4n) is 2.17. The zero-order valence-corrected chi connectivity index (χ0v) is 12.2. The number of benzene rings is 1. The number of hydrogen-bond acceptors (Lipinski definition) is 3. The minimum Gasteiger partial charge on any atom is -0.399 e. The first-order valence-electron chi connectivity index (χ1n) is 6.17. The molecule has 2 nitrogen and oxygen atoms in total. The van der Waals surface area contributed by atoms with E-state index in [1.165, 1.54) is 15.3 Å². The Morgan fingerprint density at radius 3 is 2.44 bits per heavy atom. The predicted molar refractivity (Wildman–Crippen MR) is 81.4 cm³/mol. The molecular weight excluding hydrogens is 240 g/mol. The van der Waals surface area contributed by atoms with E-state index < -0.39 is 0 Å². The SMILES string of the molecule is Cc1cc(C(C)Nc2ccc(N)c(C)c2)c(C)s1. The normalized spacial score (nSPS) is 12.4. The van der Waals surface area contributed by atoms with Crippen molar-refractivity contribution in [1.29, 1.82) is 0 Å². The second kappa shape index (κ2) is 5.02. The van der Waals surface area contributed by atoms with Crippen LogP contribution in [0.25, 0.3) is 0 Å². The van der Waals surface area contributed by atoms with Gasteiger partial charge in [0.2, 0.25) is 0 Å². The molecule has 1 heterocycles. The first-order valence-corrected chi connectivity index (χ1v) is 6.98. The number of rotatable bonds is 3. The zero-order valence-electron chi connectivity index (χ0n) is 11.4. The molecule has 3 heteroatoms. The summed E-state index contributed by atoms with van der Waals surface area (Å²) in [6.45, 7) is 8.56. The van der Waals surface area contributed by atoms with Crippen molar-refractivity contribution in [3.8, 4) is 0 Å².